The SMILES string of the molecule is Cc1ccc(Cl)c(OCc2occc2CNC(C)(C)C)c1. The first-order valence-electron chi connectivity index (χ1n) is 7.04. The molecule has 0 fully saturated rings. The Hall–Kier alpha value is -1.45. The molecular weight excluding hydrogens is 286 g/mol. The van der Waals surface area contributed by atoms with Gasteiger partial charge in [-0.3, -0.25) is 0 Å². The number of furan rings is 1. The van der Waals surface area contributed by atoms with Gasteiger partial charge in [-0.1, -0.05) is 17.7 Å². The van der Waals surface area contributed by atoms with Crippen molar-refractivity contribution in [3.63, 3.8) is 0 Å². The highest BCUT2D eigenvalue weighted by Gasteiger charge is 2.13. The van der Waals surface area contributed by atoms with Gasteiger partial charge in [-0.15, -0.1) is 0 Å². The van der Waals surface area contributed by atoms with Crippen LogP contribution in [-0.4, -0.2) is 5.54 Å². The Labute approximate surface area is 131 Å². The van der Waals surface area contributed by atoms with Crippen molar-refractivity contribution in [2.75, 3.05) is 0 Å². The van der Waals surface area contributed by atoms with Gasteiger partial charge in [0.1, 0.15) is 18.1 Å². The van der Waals surface area contributed by atoms with Crippen LogP contribution in [0.4, 0.5) is 0 Å². The van der Waals surface area contributed by atoms with Crippen LogP contribution in [0, 0.1) is 6.92 Å². The molecule has 0 amide bonds. The fourth-order valence-corrected chi connectivity index (χ4v) is 2.05. The molecule has 0 bridgehead atoms. The molecule has 1 heterocycles. The van der Waals surface area contributed by atoms with Crippen LogP contribution >= 0.6 is 11.6 Å². The number of hydrogen-bond donors (Lipinski definition) is 1. The zero-order valence-corrected chi connectivity index (χ0v) is 13.8. The Morgan fingerprint density at radius 2 is 2.00 bits per heavy atom. The van der Waals surface area contributed by atoms with Crippen LogP contribution in [0.3, 0.4) is 0 Å². The molecule has 0 aliphatic rings. The van der Waals surface area contributed by atoms with Crippen LogP contribution in [-0.2, 0) is 13.2 Å². The summed E-state index contributed by atoms with van der Waals surface area (Å²) in [6.07, 6.45) is 1.69. The Morgan fingerprint density at radius 3 is 2.71 bits per heavy atom. The molecule has 0 saturated carbocycles. The van der Waals surface area contributed by atoms with Gasteiger partial charge in [0.15, 0.2) is 0 Å². The quantitative estimate of drug-likeness (QED) is 0.868. The number of halogens is 1. The molecule has 21 heavy (non-hydrogen) atoms. The van der Waals surface area contributed by atoms with Gasteiger partial charge in [-0.05, 0) is 51.5 Å². The molecule has 0 radical (unpaired) electrons. The first-order chi connectivity index (χ1) is 9.85. The fourth-order valence-electron chi connectivity index (χ4n) is 1.88. The molecule has 0 unspecified atom stereocenters. The number of ether oxygens (including phenoxy) is 1. The lowest BCUT2D eigenvalue weighted by molar-refractivity contribution is 0.267. The summed E-state index contributed by atoms with van der Waals surface area (Å²) >= 11 is 6.13. The molecule has 3 nitrogen and oxygen atoms in total. The van der Waals surface area contributed by atoms with E-state index < -0.39 is 0 Å². The molecular formula is C17H22ClNO2. The van der Waals surface area contributed by atoms with Crippen molar-refractivity contribution in [3.05, 3.63) is 52.4 Å². The average Bonchev–Trinajstić information content (AvgIpc) is 2.84. The van der Waals surface area contributed by atoms with Crippen molar-refractivity contribution in [1.29, 1.82) is 0 Å². The minimum absolute atomic E-state index is 0.0647. The standard InChI is InChI=1S/C17H22ClNO2/c1-12-5-6-14(18)15(9-12)21-11-16-13(7-8-20-16)10-19-17(2,3)4/h5-9,19H,10-11H2,1-4H3. The van der Waals surface area contributed by atoms with Crippen LogP contribution in [0.5, 0.6) is 5.75 Å². The Morgan fingerprint density at radius 1 is 1.24 bits per heavy atom. The molecule has 2 rings (SSSR count). The minimum atomic E-state index is 0.0647. The van der Waals surface area contributed by atoms with Gasteiger partial charge in [0.25, 0.3) is 0 Å². The minimum Gasteiger partial charge on any atom is -0.484 e. The van der Waals surface area contributed by atoms with Crippen LogP contribution in [0.25, 0.3) is 0 Å². The predicted octanol–water partition coefficient (Wildman–Crippen LogP) is 4.71. The van der Waals surface area contributed by atoms with Crippen LogP contribution in [0.15, 0.2) is 34.9 Å². The summed E-state index contributed by atoms with van der Waals surface area (Å²) in [6.45, 7) is 9.54. The Bertz CT molecular complexity index is 599. The molecule has 0 aliphatic carbocycles. The number of benzene rings is 1. The second-order valence-corrected chi connectivity index (χ2v) is 6.60. The lowest BCUT2D eigenvalue weighted by Crippen LogP contribution is -2.35. The van der Waals surface area contributed by atoms with Crippen molar-refractivity contribution in [2.24, 2.45) is 0 Å². The third-order valence-electron chi connectivity index (χ3n) is 3.09. The molecule has 1 N–H and O–H groups in total. The molecule has 4 heteroatoms. The smallest absolute Gasteiger partial charge is 0.146 e. The van der Waals surface area contributed by atoms with E-state index in [0.717, 1.165) is 23.4 Å². The van der Waals surface area contributed by atoms with Crippen LogP contribution in [0.1, 0.15) is 37.7 Å². The van der Waals surface area contributed by atoms with E-state index in [-0.39, 0.29) is 5.54 Å². The predicted molar refractivity (Wildman–Crippen MR) is 85.8 cm³/mol. The summed E-state index contributed by atoms with van der Waals surface area (Å²) in [5, 5.41) is 4.05. The molecule has 0 saturated heterocycles. The van der Waals surface area contributed by atoms with Gasteiger partial charge >= 0.3 is 0 Å². The second kappa shape index (κ2) is 6.54. The molecule has 0 atom stereocenters. The lowest BCUT2D eigenvalue weighted by Gasteiger charge is -2.20. The summed E-state index contributed by atoms with van der Waals surface area (Å²) in [7, 11) is 0. The molecule has 1 aromatic carbocycles. The van der Waals surface area contributed by atoms with E-state index in [0.29, 0.717) is 17.4 Å². The molecule has 2 aromatic rings. The monoisotopic (exact) mass is 307 g/mol. The number of aryl methyl sites for hydroxylation is 1. The normalized spacial score (nSPS) is 11.7. The van der Waals surface area contributed by atoms with Crippen molar-refractivity contribution < 1.29 is 9.15 Å². The fraction of sp³-hybridized carbons (Fsp3) is 0.412. The van der Waals surface area contributed by atoms with E-state index in [4.69, 9.17) is 20.8 Å². The maximum atomic E-state index is 6.13. The van der Waals surface area contributed by atoms with Gasteiger partial charge < -0.3 is 14.5 Å². The second-order valence-electron chi connectivity index (χ2n) is 6.20. The van der Waals surface area contributed by atoms with Gasteiger partial charge in [-0.25, -0.2) is 0 Å². The van der Waals surface area contributed by atoms with Gasteiger partial charge in [-0.2, -0.15) is 0 Å². The summed E-state index contributed by atoms with van der Waals surface area (Å²) in [5.41, 5.74) is 2.28. The first-order valence-corrected chi connectivity index (χ1v) is 7.42. The summed E-state index contributed by atoms with van der Waals surface area (Å²) < 4.78 is 11.3. The van der Waals surface area contributed by atoms with E-state index >= 15 is 0 Å². The number of nitrogens with one attached hydrogen (secondary N) is 1. The van der Waals surface area contributed by atoms with E-state index in [1.807, 2.05) is 31.2 Å². The van der Waals surface area contributed by atoms with Gasteiger partial charge in [0.05, 0.1) is 11.3 Å². The van der Waals surface area contributed by atoms with E-state index in [1.54, 1.807) is 6.26 Å². The summed E-state index contributed by atoms with van der Waals surface area (Å²) in [4.78, 5) is 0. The Kier molecular flexibility index (Phi) is 4.96. The summed E-state index contributed by atoms with van der Waals surface area (Å²) in [6, 6.07) is 7.70. The maximum absolute atomic E-state index is 6.13. The molecule has 0 spiro atoms. The Balaban J connectivity index is 2.01. The number of rotatable bonds is 5. The topological polar surface area (TPSA) is 34.4 Å². The highest BCUT2D eigenvalue weighted by Crippen LogP contribution is 2.26. The molecule has 114 valence electrons. The highest BCUT2D eigenvalue weighted by molar-refractivity contribution is 6.32. The average molecular weight is 308 g/mol. The largest absolute Gasteiger partial charge is 0.484 e. The van der Waals surface area contributed by atoms with E-state index in [2.05, 4.69) is 26.1 Å². The van der Waals surface area contributed by atoms with Crippen molar-refractivity contribution in [2.45, 2.75) is 46.4 Å². The van der Waals surface area contributed by atoms with Crippen molar-refractivity contribution >= 4 is 11.6 Å². The van der Waals surface area contributed by atoms with Crippen LogP contribution in [0.2, 0.25) is 5.02 Å². The maximum Gasteiger partial charge on any atom is 0.146 e. The third kappa shape index (κ3) is 4.80. The lowest BCUT2D eigenvalue weighted by atomic mass is 10.1. The zero-order chi connectivity index (χ0) is 15.5. The van der Waals surface area contributed by atoms with Gasteiger partial charge in [0.2, 0.25) is 0 Å². The van der Waals surface area contributed by atoms with E-state index in [9.17, 15) is 0 Å². The van der Waals surface area contributed by atoms with Crippen LogP contribution < -0.4 is 10.1 Å². The van der Waals surface area contributed by atoms with Crippen molar-refractivity contribution in [1.82, 2.24) is 5.32 Å². The van der Waals surface area contributed by atoms with E-state index in [1.165, 1.54) is 0 Å². The molecule has 1 aromatic heterocycles. The third-order valence-corrected chi connectivity index (χ3v) is 3.40. The summed E-state index contributed by atoms with van der Waals surface area (Å²) in [5.74, 6) is 1.51. The van der Waals surface area contributed by atoms with Gasteiger partial charge in [0, 0.05) is 17.6 Å². The first kappa shape index (κ1) is 15.9. The number of hydrogen-bond acceptors (Lipinski definition) is 3. The van der Waals surface area contributed by atoms with Crippen molar-refractivity contribution in [3.8, 4) is 5.75 Å². The zero-order valence-electron chi connectivity index (χ0n) is 13.0. The highest BCUT2D eigenvalue weighted by atomic mass is 35.5. The molecule has 0 aliphatic heterocycles.